The minimum Gasteiger partial charge on any atom is -0.385 e. The summed E-state index contributed by atoms with van der Waals surface area (Å²) >= 11 is 0. The summed E-state index contributed by atoms with van der Waals surface area (Å²) in [5.74, 6) is -0.770. The Morgan fingerprint density at radius 1 is 1.02 bits per heavy atom. The van der Waals surface area contributed by atoms with E-state index in [0.29, 0.717) is 38.0 Å². The normalized spacial score (nSPS) is 18.1. The van der Waals surface area contributed by atoms with Gasteiger partial charge in [-0.05, 0) is 35.2 Å². The molecule has 0 saturated carbocycles. The fraction of sp³-hybridized carbons (Fsp3) is 0.281. The smallest absolute Gasteiger partial charge is 0.255 e. The molecule has 40 heavy (non-hydrogen) atoms. The lowest BCUT2D eigenvalue weighted by molar-refractivity contribution is -0.132. The average molecular weight is 537 g/mol. The van der Waals surface area contributed by atoms with Gasteiger partial charge < -0.3 is 25.3 Å². The first-order valence-corrected chi connectivity index (χ1v) is 13.7. The number of nitrogens with zero attached hydrogens (tertiary/aromatic N) is 1. The molecule has 8 nitrogen and oxygen atoms in total. The zero-order valence-electron chi connectivity index (χ0n) is 22.4. The van der Waals surface area contributed by atoms with Crippen LogP contribution < -0.4 is 10.6 Å². The Morgan fingerprint density at radius 2 is 1.77 bits per heavy atom. The number of fused-ring (bicyclic) bond motifs is 7. The number of methoxy groups -OCH3 is 1. The number of amides is 3. The highest BCUT2D eigenvalue weighted by Gasteiger charge is 2.49. The van der Waals surface area contributed by atoms with E-state index in [1.165, 1.54) is 0 Å². The van der Waals surface area contributed by atoms with Crippen LogP contribution in [0.1, 0.15) is 45.2 Å². The third-order valence-corrected chi connectivity index (χ3v) is 7.89. The molecule has 0 bridgehead atoms. The van der Waals surface area contributed by atoms with Crippen LogP contribution in [-0.4, -0.2) is 60.0 Å². The van der Waals surface area contributed by atoms with E-state index >= 15 is 0 Å². The second-order valence-corrected chi connectivity index (χ2v) is 10.4. The van der Waals surface area contributed by atoms with Crippen LogP contribution in [0.25, 0.3) is 10.9 Å². The molecule has 3 aromatic carbocycles. The molecule has 3 amide bonds. The molecule has 2 aliphatic heterocycles. The van der Waals surface area contributed by atoms with Crippen molar-refractivity contribution in [2.24, 2.45) is 0 Å². The molecule has 0 radical (unpaired) electrons. The number of aromatic nitrogens is 1. The van der Waals surface area contributed by atoms with Gasteiger partial charge in [-0.25, -0.2) is 0 Å². The lowest BCUT2D eigenvalue weighted by atomic mass is 9.89. The average Bonchev–Trinajstić information content (AvgIpc) is 3.50. The van der Waals surface area contributed by atoms with Gasteiger partial charge >= 0.3 is 0 Å². The van der Waals surface area contributed by atoms with Crippen LogP contribution in [-0.2, 0) is 27.2 Å². The summed E-state index contributed by atoms with van der Waals surface area (Å²) in [6, 6.07) is 23.2. The lowest BCUT2D eigenvalue weighted by Gasteiger charge is -2.37. The molecule has 4 aromatic rings. The summed E-state index contributed by atoms with van der Waals surface area (Å²) in [4.78, 5) is 46.3. The number of aromatic amines is 1. The highest BCUT2D eigenvalue weighted by Crippen LogP contribution is 2.46. The number of para-hydroxylation sites is 1. The number of rotatable bonds is 9. The van der Waals surface area contributed by atoms with Crippen LogP contribution in [0.4, 0.5) is 0 Å². The molecule has 3 heterocycles. The van der Waals surface area contributed by atoms with Crippen molar-refractivity contribution in [2.75, 3.05) is 20.3 Å². The minimum atomic E-state index is -0.791. The van der Waals surface area contributed by atoms with Crippen LogP contribution in [0.15, 0.2) is 78.9 Å². The van der Waals surface area contributed by atoms with Crippen molar-refractivity contribution in [3.63, 3.8) is 0 Å². The van der Waals surface area contributed by atoms with Gasteiger partial charge in [-0.3, -0.25) is 14.4 Å². The van der Waals surface area contributed by atoms with Crippen LogP contribution in [0, 0.1) is 0 Å². The molecule has 0 spiro atoms. The predicted octanol–water partition coefficient (Wildman–Crippen LogP) is 3.52. The third-order valence-electron chi connectivity index (χ3n) is 7.89. The summed E-state index contributed by atoms with van der Waals surface area (Å²) in [7, 11) is 1.62. The number of benzene rings is 3. The first-order valence-electron chi connectivity index (χ1n) is 13.7. The van der Waals surface area contributed by atoms with E-state index in [2.05, 4.69) is 15.6 Å². The summed E-state index contributed by atoms with van der Waals surface area (Å²) < 4.78 is 5.09. The standard InChI is InChI=1S/C32H32N4O4/c1-40-17-9-16-33-30(37)26(18-20-10-3-2-4-11-20)35-31(38)27-19-24-21-12-7-8-15-25(21)34-28(24)29-22-13-5-6-14-23(22)32(39)36(27)29/h2-8,10-15,26-27,29,34H,9,16-19H2,1H3,(H,33,37)(H,35,38)/t26-,27-,29+/m0/s1. The van der Waals surface area contributed by atoms with Crippen molar-refractivity contribution in [1.29, 1.82) is 0 Å². The Labute approximate surface area is 232 Å². The number of hydrogen-bond donors (Lipinski definition) is 3. The van der Waals surface area contributed by atoms with Gasteiger partial charge in [0.1, 0.15) is 12.1 Å². The Kier molecular flexibility index (Phi) is 7.09. The van der Waals surface area contributed by atoms with Gasteiger partial charge in [-0.15, -0.1) is 0 Å². The van der Waals surface area contributed by atoms with Gasteiger partial charge in [0.25, 0.3) is 5.91 Å². The Bertz CT molecular complexity index is 1560. The second kappa shape index (κ2) is 11.0. The van der Waals surface area contributed by atoms with E-state index in [9.17, 15) is 14.4 Å². The predicted molar refractivity (Wildman–Crippen MR) is 152 cm³/mol. The molecular weight excluding hydrogens is 504 g/mol. The van der Waals surface area contributed by atoms with Crippen LogP contribution in [0.5, 0.6) is 0 Å². The summed E-state index contributed by atoms with van der Waals surface area (Å²) in [6.07, 6.45) is 1.36. The van der Waals surface area contributed by atoms with E-state index < -0.39 is 18.1 Å². The highest BCUT2D eigenvalue weighted by atomic mass is 16.5. The summed E-state index contributed by atoms with van der Waals surface area (Å²) in [5.41, 5.74) is 5.38. The molecule has 0 saturated heterocycles. The fourth-order valence-electron chi connectivity index (χ4n) is 6.02. The molecule has 204 valence electrons. The molecule has 8 heteroatoms. The molecule has 3 atom stereocenters. The number of hydrogen-bond acceptors (Lipinski definition) is 4. The van der Waals surface area contributed by atoms with Crippen molar-refractivity contribution >= 4 is 28.6 Å². The maximum absolute atomic E-state index is 14.1. The first-order chi connectivity index (χ1) is 19.6. The maximum atomic E-state index is 14.1. The highest BCUT2D eigenvalue weighted by molar-refractivity contribution is 6.04. The Balaban J connectivity index is 1.33. The van der Waals surface area contributed by atoms with E-state index in [1.54, 1.807) is 12.0 Å². The lowest BCUT2D eigenvalue weighted by Crippen LogP contribution is -2.57. The van der Waals surface area contributed by atoms with Crippen molar-refractivity contribution < 1.29 is 19.1 Å². The number of ether oxygens (including phenoxy) is 1. The van der Waals surface area contributed by atoms with Gasteiger partial charge in [0.05, 0.1) is 6.04 Å². The zero-order valence-corrected chi connectivity index (χ0v) is 22.4. The zero-order chi connectivity index (χ0) is 27.6. The summed E-state index contributed by atoms with van der Waals surface area (Å²) in [6.45, 7) is 0.974. The number of carbonyl (C=O) groups excluding carboxylic acids is 3. The number of carbonyl (C=O) groups is 3. The molecule has 0 unspecified atom stereocenters. The molecule has 3 N–H and O–H groups in total. The van der Waals surface area contributed by atoms with E-state index in [-0.39, 0.29) is 17.7 Å². The van der Waals surface area contributed by atoms with Gasteiger partial charge in [0, 0.05) is 55.3 Å². The second-order valence-electron chi connectivity index (χ2n) is 10.4. The van der Waals surface area contributed by atoms with E-state index in [0.717, 1.165) is 33.3 Å². The van der Waals surface area contributed by atoms with Gasteiger partial charge in [-0.2, -0.15) is 0 Å². The topological polar surface area (TPSA) is 104 Å². The monoisotopic (exact) mass is 536 g/mol. The minimum absolute atomic E-state index is 0.173. The Hall–Kier alpha value is -4.43. The molecule has 1 aromatic heterocycles. The van der Waals surface area contributed by atoms with E-state index in [4.69, 9.17) is 4.74 Å². The van der Waals surface area contributed by atoms with Crippen LogP contribution >= 0.6 is 0 Å². The first kappa shape index (κ1) is 25.8. The quantitative estimate of drug-likeness (QED) is 0.285. The van der Waals surface area contributed by atoms with Gasteiger partial charge in [-0.1, -0.05) is 66.7 Å². The van der Waals surface area contributed by atoms with E-state index in [1.807, 2.05) is 78.9 Å². The largest absolute Gasteiger partial charge is 0.385 e. The number of H-pyrrole nitrogens is 1. The third kappa shape index (κ3) is 4.64. The molecule has 0 aliphatic carbocycles. The van der Waals surface area contributed by atoms with Crippen LogP contribution in [0.2, 0.25) is 0 Å². The van der Waals surface area contributed by atoms with Crippen molar-refractivity contribution in [3.05, 3.63) is 107 Å². The fourth-order valence-corrected chi connectivity index (χ4v) is 6.02. The Morgan fingerprint density at radius 3 is 2.60 bits per heavy atom. The maximum Gasteiger partial charge on any atom is 0.255 e. The molecule has 2 aliphatic rings. The molecule has 6 rings (SSSR count). The van der Waals surface area contributed by atoms with Crippen molar-refractivity contribution in [3.8, 4) is 0 Å². The van der Waals surface area contributed by atoms with Gasteiger partial charge in [0.2, 0.25) is 11.8 Å². The SMILES string of the molecule is COCCCNC(=O)[C@H](Cc1ccccc1)NC(=O)[C@@H]1Cc2c([nH]c3ccccc23)[C@H]2c3ccccc3C(=O)N21. The molecular formula is C32H32N4O4. The van der Waals surface area contributed by atoms with Crippen molar-refractivity contribution in [2.45, 2.75) is 37.4 Å². The summed E-state index contributed by atoms with van der Waals surface area (Å²) in [5, 5.41) is 7.00. The molecule has 0 fully saturated rings. The number of nitrogens with one attached hydrogen (secondary N) is 3. The van der Waals surface area contributed by atoms with Crippen molar-refractivity contribution in [1.82, 2.24) is 20.5 Å². The van der Waals surface area contributed by atoms with Crippen LogP contribution in [0.3, 0.4) is 0 Å². The van der Waals surface area contributed by atoms with Gasteiger partial charge in [0.15, 0.2) is 0 Å².